The molecule has 4 fully saturated rings. The van der Waals surface area contributed by atoms with E-state index in [1.807, 2.05) is 0 Å². The first-order valence-electron chi connectivity index (χ1n) is 10.0. The molecule has 0 aromatic rings. The van der Waals surface area contributed by atoms with E-state index in [0.29, 0.717) is 23.8 Å². The molecule has 0 aromatic carbocycles. The average molecular weight is 392 g/mol. The fourth-order valence-corrected chi connectivity index (χ4v) is 5.81. The molecule has 0 aromatic heterocycles. The Morgan fingerprint density at radius 1 is 0.800 bits per heavy atom. The Morgan fingerprint density at radius 2 is 1.36 bits per heavy atom. The largest absolute Gasteiger partial charge is 0.342 e. The fourth-order valence-electron chi connectivity index (χ4n) is 5.81. The molecule has 2 saturated carbocycles. The van der Waals surface area contributed by atoms with Gasteiger partial charge in [0, 0.05) is 31.1 Å². The van der Waals surface area contributed by atoms with Gasteiger partial charge in [-0.05, 0) is 76.3 Å². The zero-order valence-corrected chi connectivity index (χ0v) is 16.9. The van der Waals surface area contributed by atoms with E-state index in [-0.39, 0.29) is 30.7 Å². The standard InChI is InChI=1S/C19H33N3O.2ClH/c20-18-14-4-3-5-15(18)13-16(12-14)19(23)22-10-6-17(7-11-22)21-8-1-2-9-21;;/h14-18H,1-13,20H2;2*1H. The van der Waals surface area contributed by atoms with Gasteiger partial charge in [-0.3, -0.25) is 4.79 Å². The van der Waals surface area contributed by atoms with Crippen LogP contribution in [0.1, 0.15) is 57.8 Å². The maximum absolute atomic E-state index is 13.0. The highest BCUT2D eigenvalue weighted by atomic mass is 35.5. The van der Waals surface area contributed by atoms with Gasteiger partial charge in [0.25, 0.3) is 0 Å². The molecule has 2 N–H and O–H groups in total. The van der Waals surface area contributed by atoms with Crippen LogP contribution in [0.4, 0.5) is 0 Å². The van der Waals surface area contributed by atoms with Crippen LogP contribution in [0.3, 0.4) is 0 Å². The maximum atomic E-state index is 13.0. The highest BCUT2D eigenvalue weighted by molar-refractivity contribution is 5.85. The van der Waals surface area contributed by atoms with E-state index in [2.05, 4.69) is 9.80 Å². The van der Waals surface area contributed by atoms with Crippen molar-refractivity contribution < 1.29 is 4.79 Å². The number of rotatable bonds is 2. The minimum absolute atomic E-state index is 0. The van der Waals surface area contributed by atoms with Crippen molar-refractivity contribution >= 4 is 30.7 Å². The van der Waals surface area contributed by atoms with Crippen LogP contribution in [0.25, 0.3) is 0 Å². The summed E-state index contributed by atoms with van der Waals surface area (Å²) in [5.41, 5.74) is 6.38. The predicted molar refractivity (Wildman–Crippen MR) is 106 cm³/mol. The van der Waals surface area contributed by atoms with Crippen LogP contribution in [-0.4, -0.2) is 54.0 Å². The molecule has 2 heterocycles. The van der Waals surface area contributed by atoms with E-state index in [4.69, 9.17) is 5.73 Å². The van der Waals surface area contributed by atoms with Crippen LogP contribution in [0.5, 0.6) is 0 Å². The zero-order valence-electron chi connectivity index (χ0n) is 15.3. The van der Waals surface area contributed by atoms with Crippen LogP contribution in [0.15, 0.2) is 0 Å². The number of nitrogens with zero attached hydrogens (tertiary/aromatic N) is 2. The van der Waals surface area contributed by atoms with Gasteiger partial charge >= 0.3 is 0 Å². The number of likely N-dealkylation sites (tertiary alicyclic amines) is 2. The Balaban J connectivity index is 0.00000113. The summed E-state index contributed by atoms with van der Waals surface area (Å²) >= 11 is 0. The van der Waals surface area contributed by atoms with E-state index in [1.165, 1.54) is 58.0 Å². The zero-order chi connectivity index (χ0) is 15.8. The van der Waals surface area contributed by atoms with Gasteiger partial charge in [-0.2, -0.15) is 0 Å². The molecule has 2 bridgehead atoms. The number of nitrogens with two attached hydrogens (primary N) is 1. The smallest absolute Gasteiger partial charge is 0.225 e. The Kier molecular flexibility index (Phi) is 7.87. The summed E-state index contributed by atoms with van der Waals surface area (Å²) in [4.78, 5) is 17.8. The van der Waals surface area contributed by atoms with Crippen molar-refractivity contribution in [2.45, 2.75) is 69.9 Å². The van der Waals surface area contributed by atoms with E-state index >= 15 is 0 Å². The SMILES string of the molecule is Cl.Cl.NC1C2CCCC1CC(C(=O)N1CCC(N3CCCC3)CC1)C2. The molecule has 1 amide bonds. The van der Waals surface area contributed by atoms with Gasteiger partial charge in [-0.1, -0.05) is 6.42 Å². The molecule has 4 nitrogen and oxygen atoms in total. The van der Waals surface area contributed by atoms with Crippen LogP contribution in [-0.2, 0) is 4.79 Å². The second-order valence-electron chi connectivity index (χ2n) is 8.50. The highest BCUT2D eigenvalue weighted by Gasteiger charge is 2.42. The number of hydrogen-bond donors (Lipinski definition) is 1. The minimum atomic E-state index is 0. The topological polar surface area (TPSA) is 49.6 Å². The second-order valence-corrected chi connectivity index (χ2v) is 8.50. The molecule has 0 spiro atoms. The number of amides is 1. The molecule has 25 heavy (non-hydrogen) atoms. The Morgan fingerprint density at radius 3 is 1.92 bits per heavy atom. The molecule has 2 unspecified atom stereocenters. The van der Waals surface area contributed by atoms with Gasteiger partial charge in [0.15, 0.2) is 0 Å². The summed E-state index contributed by atoms with van der Waals surface area (Å²) in [6.07, 6.45) is 11.0. The lowest BCUT2D eigenvalue weighted by Crippen LogP contribution is -2.52. The van der Waals surface area contributed by atoms with Gasteiger partial charge in [-0.25, -0.2) is 0 Å². The summed E-state index contributed by atoms with van der Waals surface area (Å²) in [5.74, 6) is 1.94. The number of halogens is 2. The molecular formula is C19H35Cl2N3O. The molecule has 4 aliphatic rings. The molecule has 2 saturated heterocycles. The molecule has 2 aliphatic heterocycles. The number of fused-ring (bicyclic) bond motifs is 2. The van der Waals surface area contributed by atoms with Gasteiger partial charge in [0.2, 0.25) is 5.91 Å². The van der Waals surface area contributed by atoms with Gasteiger partial charge in [-0.15, -0.1) is 24.8 Å². The van der Waals surface area contributed by atoms with Crippen LogP contribution in [0, 0.1) is 17.8 Å². The van der Waals surface area contributed by atoms with Crippen molar-refractivity contribution in [2.75, 3.05) is 26.2 Å². The van der Waals surface area contributed by atoms with Crippen LogP contribution < -0.4 is 5.73 Å². The Bertz CT molecular complexity index is 422. The second kappa shape index (κ2) is 9.25. The van der Waals surface area contributed by atoms with Crippen molar-refractivity contribution in [1.82, 2.24) is 9.80 Å². The Hall–Kier alpha value is -0.0300. The lowest BCUT2D eigenvalue weighted by molar-refractivity contribution is -0.140. The van der Waals surface area contributed by atoms with Gasteiger partial charge < -0.3 is 15.5 Å². The number of carbonyl (C=O) groups excluding carboxylic acids is 1. The van der Waals surface area contributed by atoms with Crippen LogP contribution in [0.2, 0.25) is 0 Å². The maximum Gasteiger partial charge on any atom is 0.225 e. The third-order valence-electron chi connectivity index (χ3n) is 7.20. The summed E-state index contributed by atoms with van der Waals surface area (Å²) in [7, 11) is 0. The first-order chi connectivity index (χ1) is 11.2. The number of hydrogen-bond acceptors (Lipinski definition) is 3. The first-order valence-corrected chi connectivity index (χ1v) is 10.0. The van der Waals surface area contributed by atoms with Crippen molar-refractivity contribution in [2.24, 2.45) is 23.5 Å². The molecule has 6 heteroatoms. The lowest BCUT2D eigenvalue weighted by atomic mass is 9.65. The summed E-state index contributed by atoms with van der Waals surface area (Å²) in [6.45, 7) is 4.53. The average Bonchev–Trinajstić information content (AvgIpc) is 3.08. The van der Waals surface area contributed by atoms with Gasteiger partial charge in [0.1, 0.15) is 0 Å². The summed E-state index contributed by atoms with van der Waals surface area (Å²) in [5, 5.41) is 0. The summed E-state index contributed by atoms with van der Waals surface area (Å²) < 4.78 is 0. The van der Waals surface area contributed by atoms with E-state index < -0.39 is 0 Å². The third kappa shape index (κ3) is 4.45. The van der Waals surface area contributed by atoms with Crippen LogP contribution >= 0.6 is 24.8 Å². The normalized spacial score (nSPS) is 36.4. The van der Waals surface area contributed by atoms with Crippen molar-refractivity contribution in [3.05, 3.63) is 0 Å². The van der Waals surface area contributed by atoms with Gasteiger partial charge in [0.05, 0.1) is 0 Å². The lowest BCUT2D eigenvalue weighted by Gasteiger charge is -2.45. The monoisotopic (exact) mass is 391 g/mol. The minimum Gasteiger partial charge on any atom is -0.342 e. The highest BCUT2D eigenvalue weighted by Crippen LogP contribution is 2.42. The first kappa shape index (κ1) is 21.3. The van der Waals surface area contributed by atoms with Crippen molar-refractivity contribution in [1.29, 1.82) is 0 Å². The van der Waals surface area contributed by atoms with Crippen molar-refractivity contribution in [3.63, 3.8) is 0 Å². The quantitative estimate of drug-likeness (QED) is 0.786. The van der Waals surface area contributed by atoms with E-state index in [0.717, 1.165) is 32.0 Å². The summed E-state index contributed by atoms with van der Waals surface area (Å²) in [6, 6.07) is 1.11. The molecule has 2 aliphatic carbocycles. The van der Waals surface area contributed by atoms with Crippen molar-refractivity contribution in [3.8, 4) is 0 Å². The fraction of sp³-hybridized carbons (Fsp3) is 0.947. The molecule has 2 atom stereocenters. The van der Waals surface area contributed by atoms with E-state index in [9.17, 15) is 4.79 Å². The number of carbonyl (C=O) groups is 1. The number of piperidine rings is 1. The molecular weight excluding hydrogens is 357 g/mol. The molecule has 4 rings (SSSR count). The molecule has 0 radical (unpaired) electrons. The Labute approximate surface area is 165 Å². The molecule has 146 valence electrons. The van der Waals surface area contributed by atoms with E-state index in [1.54, 1.807) is 0 Å². The third-order valence-corrected chi connectivity index (χ3v) is 7.20. The predicted octanol–water partition coefficient (Wildman–Crippen LogP) is 3.07.